The van der Waals surface area contributed by atoms with Crippen molar-refractivity contribution < 1.29 is 4.79 Å². The molecule has 3 nitrogen and oxygen atoms in total. The Hall–Kier alpha value is -1.72. The molecule has 2 aromatic carbocycles. The van der Waals surface area contributed by atoms with Crippen LogP contribution in [0.15, 0.2) is 47.5 Å². The Bertz CT molecular complexity index is 817. The number of nitrogens with one attached hydrogen (secondary N) is 1. The van der Waals surface area contributed by atoms with E-state index in [1.54, 1.807) is 11.8 Å². The first-order valence-electron chi connectivity index (χ1n) is 8.12. The molecule has 0 bridgehead atoms. The van der Waals surface area contributed by atoms with Crippen molar-refractivity contribution in [3.63, 3.8) is 0 Å². The van der Waals surface area contributed by atoms with Gasteiger partial charge in [0.05, 0.1) is 11.4 Å². The predicted octanol–water partition coefficient (Wildman–Crippen LogP) is 4.78. The third-order valence-corrected chi connectivity index (χ3v) is 6.51. The Morgan fingerprint density at radius 3 is 2.96 bits per heavy atom. The zero-order chi connectivity index (χ0) is 16.4. The average molecular weight is 355 g/mol. The molecule has 1 N–H and O–H groups in total. The highest BCUT2D eigenvalue weighted by Crippen LogP contribution is 2.34. The Balaban J connectivity index is 1.35. The number of anilines is 1. The summed E-state index contributed by atoms with van der Waals surface area (Å²) in [5, 5.41) is 3.01. The van der Waals surface area contributed by atoms with Gasteiger partial charge in [0.15, 0.2) is 0 Å². The number of nitrogens with zero attached hydrogens (tertiary/aromatic N) is 1. The summed E-state index contributed by atoms with van der Waals surface area (Å²) in [6.07, 6.45) is 3.51. The van der Waals surface area contributed by atoms with Crippen LogP contribution in [0.4, 0.5) is 11.4 Å². The van der Waals surface area contributed by atoms with Gasteiger partial charge >= 0.3 is 0 Å². The fourth-order valence-electron chi connectivity index (χ4n) is 3.06. The van der Waals surface area contributed by atoms with Crippen molar-refractivity contribution in [2.75, 3.05) is 11.1 Å². The third-order valence-electron chi connectivity index (χ3n) is 4.26. The minimum atomic E-state index is 0.0279. The van der Waals surface area contributed by atoms with E-state index in [-0.39, 0.29) is 5.91 Å². The van der Waals surface area contributed by atoms with Gasteiger partial charge in [-0.25, -0.2) is 4.99 Å². The molecule has 0 saturated carbocycles. The van der Waals surface area contributed by atoms with E-state index in [0.29, 0.717) is 5.75 Å². The molecule has 1 amide bonds. The lowest BCUT2D eigenvalue weighted by Crippen LogP contribution is -2.15. The van der Waals surface area contributed by atoms with Crippen LogP contribution >= 0.6 is 23.5 Å². The fraction of sp³-hybridized carbons (Fsp3) is 0.263. The van der Waals surface area contributed by atoms with Crippen molar-refractivity contribution in [2.45, 2.75) is 25.0 Å². The maximum absolute atomic E-state index is 12.2. The number of thioether (sulfide) groups is 2. The average Bonchev–Trinajstić information content (AvgIpc) is 3.07. The quantitative estimate of drug-likeness (QED) is 0.862. The second-order valence-electron chi connectivity index (χ2n) is 5.97. The molecule has 1 heterocycles. The molecule has 1 aliphatic carbocycles. The number of hydrogen-bond acceptors (Lipinski definition) is 4. The van der Waals surface area contributed by atoms with Crippen molar-refractivity contribution >= 4 is 45.2 Å². The first-order chi connectivity index (χ1) is 11.8. The molecular formula is C19H18N2OS2. The summed E-state index contributed by atoms with van der Waals surface area (Å²) < 4.78 is 0.970. The van der Waals surface area contributed by atoms with Gasteiger partial charge < -0.3 is 5.32 Å². The second kappa shape index (κ2) is 7.03. The lowest BCUT2D eigenvalue weighted by atomic mass is 10.1. The molecule has 122 valence electrons. The topological polar surface area (TPSA) is 41.5 Å². The first-order valence-corrected chi connectivity index (χ1v) is 10.1. The Labute approximate surface area is 150 Å². The number of carbonyl (C=O) groups is 1. The minimum absolute atomic E-state index is 0.0279. The van der Waals surface area contributed by atoms with E-state index >= 15 is 0 Å². The van der Waals surface area contributed by atoms with Gasteiger partial charge in [0, 0.05) is 11.4 Å². The van der Waals surface area contributed by atoms with Crippen LogP contribution in [0.3, 0.4) is 0 Å². The molecule has 2 aromatic rings. The molecule has 0 fully saturated rings. The molecule has 0 unspecified atom stereocenters. The highest BCUT2D eigenvalue weighted by atomic mass is 32.2. The number of para-hydroxylation sites is 1. The molecule has 4 rings (SSSR count). The molecule has 0 aromatic heterocycles. The van der Waals surface area contributed by atoms with E-state index in [1.807, 2.05) is 24.3 Å². The van der Waals surface area contributed by atoms with Crippen molar-refractivity contribution in [1.82, 2.24) is 0 Å². The number of aryl methyl sites for hydroxylation is 2. The first kappa shape index (κ1) is 15.8. The van der Waals surface area contributed by atoms with Crippen LogP contribution in [0, 0.1) is 0 Å². The molecule has 0 atom stereocenters. The van der Waals surface area contributed by atoms with E-state index in [9.17, 15) is 4.79 Å². The van der Waals surface area contributed by atoms with Crippen molar-refractivity contribution in [2.24, 2.45) is 4.99 Å². The van der Waals surface area contributed by atoms with E-state index in [4.69, 9.17) is 0 Å². The van der Waals surface area contributed by atoms with E-state index < -0.39 is 0 Å². The molecule has 0 spiro atoms. The highest BCUT2D eigenvalue weighted by molar-refractivity contribution is 8.38. The van der Waals surface area contributed by atoms with Crippen molar-refractivity contribution in [1.29, 1.82) is 0 Å². The number of aliphatic imine (C=N–C) groups is 1. The minimum Gasteiger partial charge on any atom is -0.325 e. The number of hydrogen-bond donors (Lipinski definition) is 1. The summed E-state index contributed by atoms with van der Waals surface area (Å²) in [7, 11) is 0. The van der Waals surface area contributed by atoms with Gasteiger partial charge in [-0.3, -0.25) is 4.79 Å². The van der Waals surface area contributed by atoms with Crippen LogP contribution in [0.25, 0.3) is 0 Å². The standard InChI is InChI=1S/C19H18N2OS2/c22-18(20-16-9-8-13-5-3-6-14(13)10-16)12-24-19-21-17-7-2-1-4-15(17)11-23-19/h1-2,4,7-10H,3,5-6,11-12H2,(H,20,22). The van der Waals surface area contributed by atoms with Gasteiger partial charge in [-0.2, -0.15) is 0 Å². The number of fused-ring (bicyclic) bond motifs is 2. The van der Waals surface area contributed by atoms with E-state index in [0.717, 1.165) is 34.3 Å². The van der Waals surface area contributed by atoms with Crippen molar-refractivity contribution in [3.8, 4) is 0 Å². The van der Waals surface area contributed by atoms with Crippen LogP contribution in [-0.4, -0.2) is 16.0 Å². The maximum atomic E-state index is 12.2. The molecule has 2 aliphatic rings. The van der Waals surface area contributed by atoms with E-state index in [2.05, 4.69) is 28.5 Å². The van der Waals surface area contributed by atoms with Crippen LogP contribution in [0.5, 0.6) is 0 Å². The monoisotopic (exact) mass is 354 g/mol. The largest absolute Gasteiger partial charge is 0.325 e. The number of amides is 1. The Kier molecular flexibility index (Phi) is 4.63. The zero-order valence-electron chi connectivity index (χ0n) is 13.2. The summed E-state index contributed by atoms with van der Waals surface area (Å²) in [5.41, 5.74) is 6.00. The van der Waals surface area contributed by atoms with Crippen LogP contribution < -0.4 is 5.32 Å². The summed E-state index contributed by atoms with van der Waals surface area (Å²) in [4.78, 5) is 16.8. The molecule has 24 heavy (non-hydrogen) atoms. The van der Waals surface area contributed by atoms with Crippen LogP contribution in [-0.2, 0) is 23.4 Å². The van der Waals surface area contributed by atoms with Gasteiger partial charge in [0.25, 0.3) is 0 Å². The van der Waals surface area contributed by atoms with Gasteiger partial charge in [-0.05, 0) is 54.2 Å². The number of rotatable bonds is 3. The molecule has 5 heteroatoms. The van der Waals surface area contributed by atoms with Gasteiger partial charge in [-0.1, -0.05) is 47.8 Å². The normalized spacial score (nSPS) is 15.4. The number of carbonyl (C=O) groups excluding carboxylic acids is 1. The number of benzene rings is 2. The summed E-state index contributed by atoms with van der Waals surface area (Å²) in [5.74, 6) is 1.35. The van der Waals surface area contributed by atoms with E-state index in [1.165, 1.54) is 34.9 Å². The smallest absolute Gasteiger partial charge is 0.234 e. The van der Waals surface area contributed by atoms with Gasteiger partial charge in [0.1, 0.15) is 4.38 Å². The fourth-order valence-corrected chi connectivity index (χ4v) is 4.92. The maximum Gasteiger partial charge on any atom is 0.234 e. The third kappa shape index (κ3) is 3.52. The summed E-state index contributed by atoms with van der Waals surface area (Å²) in [6, 6.07) is 14.4. The Morgan fingerprint density at radius 2 is 2.00 bits per heavy atom. The summed E-state index contributed by atoms with van der Waals surface area (Å²) >= 11 is 3.22. The van der Waals surface area contributed by atoms with Crippen LogP contribution in [0.1, 0.15) is 23.1 Å². The molecule has 0 saturated heterocycles. The van der Waals surface area contributed by atoms with Crippen LogP contribution in [0.2, 0.25) is 0 Å². The zero-order valence-corrected chi connectivity index (χ0v) is 14.9. The van der Waals surface area contributed by atoms with Crippen molar-refractivity contribution in [3.05, 3.63) is 59.2 Å². The summed E-state index contributed by atoms with van der Waals surface area (Å²) in [6.45, 7) is 0. The lowest BCUT2D eigenvalue weighted by molar-refractivity contribution is -0.113. The lowest BCUT2D eigenvalue weighted by Gasteiger charge is -2.14. The second-order valence-corrected chi connectivity index (χ2v) is 8.16. The molecule has 1 aliphatic heterocycles. The molecule has 0 radical (unpaired) electrons. The highest BCUT2D eigenvalue weighted by Gasteiger charge is 2.15. The SMILES string of the molecule is O=C(CSC1=Nc2ccccc2CS1)Nc1ccc2c(c1)CCC2. The van der Waals surface area contributed by atoms with Gasteiger partial charge in [-0.15, -0.1) is 0 Å². The van der Waals surface area contributed by atoms with Gasteiger partial charge in [0.2, 0.25) is 5.91 Å². The predicted molar refractivity (Wildman–Crippen MR) is 104 cm³/mol. The molecular weight excluding hydrogens is 336 g/mol. The Morgan fingerprint density at radius 1 is 1.12 bits per heavy atom.